The summed E-state index contributed by atoms with van der Waals surface area (Å²) in [5, 5.41) is 10.2. The van der Waals surface area contributed by atoms with Crippen molar-refractivity contribution in [1.82, 2.24) is 0 Å². The van der Waals surface area contributed by atoms with Gasteiger partial charge in [-0.2, -0.15) is 0 Å². The minimum atomic E-state index is -3.69. The number of sulfonamides is 1. The summed E-state index contributed by atoms with van der Waals surface area (Å²) in [6.45, 7) is 3.79. The standard InChI is InChI=1S/C17H19NO3S/c1-12-6-10-15(11-7-12)22(20,21)18-13(2)8-9-14-4-3-5-16(19)17(14)18/h3-7,10-11,13,19H,8-9H2,1-2H3. The average Bonchev–Trinajstić information content (AvgIpc) is 2.48. The lowest BCUT2D eigenvalue weighted by atomic mass is 9.98. The van der Waals surface area contributed by atoms with Gasteiger partial charge in [0.15, 0.2) is 0 Å². The van der Waals surface area contributed by atoms with Crippen LogP contribution in [-0.2, 0) is 16.4 Å². The van der Waals surface area contributed by atoms with Crippen LogP contribution in [0.1, 0.15) is 24.5 Å². The molecule has 0 aliphatic carbocycles. The van der Waals surface area contributed by atoms with Crippen molar-refractivity contribution >= 4 is 15.7 Å². The van der Waals surface area contributed by atoms with E-state index in [0.29, 0.717) is 5.69 Å². The van der Waals surface area contributed by atoms with Crippen molar-refractivity contribution in [3.8, 4) is 5.75 Å². The number of fused-ring (bicyclic) bond motifs is 1. The van der Waals surface area contributed by atoms with Crippen LogP contribution in [0.2, 0.25) is 0 Å². The molecule has 0 aromatic heterocycles. The predicted octanol–water partition coefficient (Wildman–Crippen LogP) is 3.23. The quantitative estimate of drug-likeness (QED) is 0.925. The summed E-state index contributed by atoms with van der Waals surface area (Å²) >= 11 is 0. The number of benzene rings is 2. The number of phenolic OH excluding ortho intramolecular Hbond substituents is 1. The molecule has 1 atom stereocenters. The Morgan fingerprint density at radius 2 is 1.82 bits per heavy atom. The Kier molecular flexibility index (Phi) is 3.60. The van der Waals surface area contributed by atoms with Gasteiger partial charge in [-0.25, -0.2) is 8.42 Å². The highest BCUT2D eigenvalue weighted by molar-refractivity contribution is 7.92. The van der Waals surface area contributed by atoms with E-state index in [2.05, 4.69) is 0 Å². The first-order valence-corrected chi connectivity index (χ1v) is 8.77. The molecule has 5 heteroatoms. The Morgan fingerprint density at radius 3 is 2.50 bits per heavy atom. The smallest absolute Gasteiger partial charge is 0.264 e. The zero-order valence-corrected chi connectivity index (χ0v) is 13.5. The highest BCUT2D eigenvalue weighted by atomic mass is 32.2. The van der Waals surface area contributed by atoms with Gasteiger partial charge in [-0.1, -0.05) is 29.8 Å². The summed E-state index contributed by atoms with van der Waals surface area (Å²) in [7, 11) is -3.69. The van der Waals surface area contributed by atoms with Gasteiger partial charge in [-0.05, 0) is 50.5 Å². The fourth-order valence-corrected chi connectivity index (χ4v) is 4.65. The highest BCUT2D eigenvalue weighted by Crippen LogP contribution is 2.41. The van der Waals surface area contributed by atoms with Gasteiger partial charge < -0.3 is 5.11 Å². The number of hydrogen-bond acceptors (Lipinski definition) is 3. The molecule has 22 heavy (non-hydrogen) atoms. The minimum Gasteiger partial charge on any atom is -0.506 e. The topological polar surface area (TPSA) is 57.6 Å². The van der Waals surface area contributed by atoms with Crippen molar-refractivity contribution in [2.45, 2.75) is 37.6 Å². The van der Waals surface area contributed by atoms with Crippen LogP contribution < -0.4 is 4.31 Å². The van der Waals surface area contributed by atoms with Gasteiger partial charge >= 0.3 is 0 Å². The van der Waals surface area contributed by atoms with Crippen LogP contribution in [0, 0.1) is 6.92 Å². The molecule has 0 saturated carbocycles. The van der Waals surface area contributed by atoms with Crippen molar-refractivity contribution in [2.24, 2.45) is 0 Å². The Labute approximate surface area is 131 Å². The van der Waals surface area contributed by atoms with Gasteiger partial charge in [0.2, 0.25) is 0 Å². The molecule has 1 aliphatic heterocycles. The third-order valence-electron chi connectivity index (χ3n) is 4.13. The maximum absolute atomic E-state index is 13.0. The van der Waals surface area contributed by atoms with E-state index in [0.717, 1.165) is 24.0 Å². The third-order valence-corrected chi connectivity index (χ3v) is 6.06. The van der Waals surface area contributed by atoms with Gasteiger partial charge in [0.25, 0.3) is 10.0 Å². The average molecular weight is 317 g/mol. The highest BCUT2D eigenvalue weighted by Gasteiger charge is 2.35. The van der Waals surface area contributed by atoms with Crippen LogP contribution in [0.3, 0.4) is 0 Å². The summed E-state index contributed by atoms with van der Waals surface area (Å²) in [4.78, 5) is 0.251. The molecule has 1 aliphatic rings. The first-order chi connectivity index (χ1) is 10.4. The number of aryl methyl sites for hydroxylation is 2. The van der Waals surface area contributed by atoms with Gasteiger partial charge in [0.05, 0.1) is 10.6 Å². The Hall–Kier alpha value is -2.01. The van der Waals surface area contributed by atoms with Crippen LogP contribution in [0.4, 0.5) is 5.69 Å². The molecule has 0 bridgehead atoms. The summed E-state index contributed by atoms with van der Waals surface area (Å²) in [6.07, 6.45) is 1.51. The number of aromatic hydroxyl groups is 1. The first-order valence-electron chi connectivity index (χ1n) is 7.33. The monoisotopic (exact) mass is 317 g/mol. The molecule has 2 aromatic rings. The van der Waals surface area contributed by atoms with Crippen LogP contribution >= 0.6 is 0 Å². The number of phenols is 1. The van der Waals surface area contributed by atoms with E-state index in [-0.39, 0.29) is 16.7 Å². The van der Waals surface area contributed by atoms with E-state index >= 15 is 0 Å². The molecule has 0 fully saturated rings. The van der Waals surface area contributed by atoms with E-state index in [9.17, 15) is 13.5 Å². The van der Waals surface area contributed by atoms with E-state index in [4.69, 9.17) is 0 Å². The lowest BCUT2D eigenvalue weighted by Gasteiger charge is -2.36. The molecule has 1 heterocycles. The Bertz CT molecular complexity index is 797. The molecule has 116 valence electrons. The second-order valence-corrected chi connectivity index (χ2v) is 7.60. The molecule has 0 saturated heterocycles. The lowest BCUT2D eigenvalue weighted by molar-refractivity contribution is 0.468. The van der Waals surface area contributed by atoms with Gasteiger partial charge in [0.1, 0.15) is 5.75 Å². The fraction of sp³-hybridized carbons (Fsp3) is 0.294. The van der Waals surface area contributed by atoms with Crippen LogP contribution in [0.5, 0.6) is 5.75 Å². The van der Waals surface area contributed by atoms with E-state index in [1.54, 1.807) is 30.3 Å². The zero-order valence-electron chi connectivity index (χ0n) is 12.7. The molecule has 4 nitrogen and oxygen atoms in total. The predicted molar refractivity (Wildman–Crippen MR) is 86.7 cm³/mol. The molecule has 2 aromatic carbocycles. The van der Waals surface area contributed by atoms with Crippen LogP contribution in [-0.4, -0.2) is 19.6 Å². The maximum atomic E-state index is 13.0. The van der Waals surface area contributed by atoms with Crippen molar-refractivity contribution in [1.29, 1.82) is 0 Å². The normalized spacial score (nSPS) is 18.1. The molecule has 3 rings (SSSR count). The summed E-state index contributed by atoms with van der Waals surface area (Å²) in [5.41, 5.74) is 2.30. The number of rotatable bonds is 2. The third kappa shape index (κ3) is 2.35. The Balaban J connectivity index is 2.17. The summed E-state index contributed by atoms with van der Waals surface area (Å²) < 4.78 is 27.4. The number of anilines is 1. The zero-order chi connectivity index (χ0) is 15.9. The van der Waals surface area contributed by atoms with Crippen LogP contribution in [0.25, 0.3) is 0 Å². The number of nitrogens with zero attached hydrogens (tertiary/aromatic N) is 1. The van der Waals surface area contributed by atoms with Gasteiger partial charge in [-0.3, -0.25) is 4.31 Å². The first kappa shape index (κ1) is 14.9. The fourth-order valence-electron chi connectivity index (χ4n) is 2.92. The van der Waals surface area contributed by atoms with Gasteiger partial charge in [-0.15, -0.1) is 0 Å². The van der Waals surface area contributed by atoms with Crippen molar-refractivity contribution < 1.29 is 13.5 Å². The molecule has 0 radical (unpaired) electrons. The number of para-hydroxylation sites is 1. The molecule has 0 amide bonds. The second-order valence-electron chi connectivity index (χ2n) is 5.79. The van der Waals surface area contributed by atoms with Crippen molar-refractivity contribution in [2.75, 3.05) is 4.31 Å². The molecule has 1 unspecified atom stereocenters. The number of hydrogen-bond donors (Lipinski definition) is 1. The van der Waals surface area contributed by atoms with E-state index in [1.807, 2.05) is 19.9 Å². The van der Waals surface area contributed by atoms with Gasteiger partial charge in [0, 0.05) is 6.04 Å². The molecule has 0 spiro atoms. The molecule has 1 N–H and O–H groups in total. The van der Waals surface area contributed by atoms with E-state index < -0.39 is 10.0 Å². The van der Waals surface area contributed by atoms with Crippen LogP contribution in [0.15, 0.2) is 47.4 Å². The SMILES string of the molecule is Cc1ccc(S(=O)(=O)N2c3c(O)cccc3CCC2C)cc1. The largest absolute Gasteiger partial charge is 0.506 e. The van der Waals surface area contributed by atoms with E-state index in [1.165, 1.54) is 10.4 Å². The minimum absolute atomic E-state index is 0.0136. The molecular formula is C17H19NO3S. The van der Waals surface area contributed by atoms with Crippen molar-refractivity contribution in [3.63, 3.8) is 0 Å². The molecular weight excluding hydrogens is 298 g/mol. The summed E-state index contributed by atoms with van der Waals surface area (Å²) in [6, 6.07) is 11.8. The van der Waals surface area contributed by atoms with Crippen molar-refractivity contribution in [3.05, 3.63) is 53.6 Å². The maximum Gasteiger partial charge on any atom is 0.264 e. The second kappa shape index (κ2) is 5.32. The Morgan fingerprint density at radius 1 is 1.14 bits per heavy atom. The summed E-state index contributed by atoms with van der Waals surface area (Å²) in [5.74, 6) is 0.0136. The lowest BCUT2D eigenvalue weighted by Crippen LogP contribution is -2.42.